The van der Waals surface area contributed by atoms with Crippen LogP contribution in [0.25, 0.3) is 0 Å². The molecular weight excluding hydrogens is 235 g/mol. The van der Waals surface area contributed by atoms with Crippen LogP contribution in [-0.4, -0.2) is 31.1 Å². The molecule has 0 aromatic carbocycles. The lowest BCUT2D eigenvalue weighted by molar-refractivity contribution is -0.155. The zero-order valence-corrected chi connectivity index (χ0v) is 10.0. The summed E-state index contributed by atoms with van der Waals surface area (Å²) in [5.41, 5.74) is 4.63. The van der Waals surface area contributed by atoms with Crippen molar-refractivity contribution in [1.82, 2.24) is 0 Å². The van der Waals surface area contributed by atoms with Gasteiger partial charge >= 0.3 is 19.4 Å². The SMILES string of the molecule is CC(C)(C)OC(=O)CC[C@H](N)C(=O)OB(F)F. The van der Waals surface area contributed by atoms with Crippen LogP contribution in [0.15, 0.2) is 0 Å². The van der Waals surface area contributed by atoms with Crippen LogP contribution in [0.5, 0.6) is 0 Å². The average molecular weight is 251 g/mol. The summed E-state index contributed by atoms with van der Waals surface area (Å²) in [6, 6.07) is -1.25. The highest BCUT2D eigenvalue weighted by Crippen LogP contribution is 2.10. The van der Waals surface area contributed by atoms with Crippen LogP contribution in [0.4, 0.5) is 8.63 Å². The largest absolute Gasteiger partial charge is 0.798 e. The minimum atomic E-state index is -3.20. The van der Waals surface area contributed by atoms with Crippen molar-refractivity contribution in [3.63, 3.8) is 0 Å². The van der Waals surface area contributed by atoms with E-state index in [9.17, 15) is 18.2 Å². The number of esters is 1. The van der Waals surface area contributed by atoms with Gasteiger partial charge in [-0.3, -0.25) is 9.59 Å². The summed E-state index contributed by atoms with van der Waals surface area (Å²) in [5, 5.41) is 0. The number of ether oxygens (including phenoxy) is 1. The van der Waals surface area contributed by atoms with Gasteiger partial charge in [0, 0.05) is 6.42 Å². The maximum atomic E-state index is 11.7. The Balaban J connectivity index is 3.95. The van der Waals surface area contributed by atoms with E-state index in [1.165, 1.54) is 0 Å². The maximum absolute atomic E-state index is 11.7. The second kappa shape index (κ2) is 6.53. The van der Waals surface area contributed by atoms with Crippen molar-refractivity contribution >= 4 is 19.4 Å². The van der Waals surface area contributed by atoms with Crippen molar-refractivity contribution in [3.8, 4) is 0 Å². The molecule has 0 unspecified atom stereocenters. The minimum Gasteiger partial charge on any atom is -0.477 e. The van der Waals surface area contributed by atoms with Gasteiger partial charge in [-0.2, -0.15) is 0 Å². The molecule has 0 aliphatic rings. The first-order chi connectivity index (χ1) is 7.61. The Bertz CT molecular complexity index is 281. The number of nitrogens with two attached hydrogens (primary N) is 1. The first kappa shape index (κ1) is 15.8. The lowest BCUT2D eigenvalue weighted by Gasteiger charge is -2.19. The highest BCUT2D eigenvalue weighted by molar-refractivity contribution is 6.37. The molecule has 0 saturated heterocycles. The summed E-state index contributed by atoms with van der Waals surface area (Å²) in [5.74, 6) is -1.78. The van der Waals surface area contributed by atoms with Crippen molar-refractivity contribution < 1.29 is 27.6 Å². The molecule has 0 bridgehead atoms. The number of rotatable bonds is 5. The summed E-state index contributed by atoms with van der Waals surface area (Å²) in [4.78, 5) is 22.1. The first-order valence-electron chi connectivity index (χ1n) is 5.08. The third-order valence-electron chi connectivity index (χ3n) is 1.59. The molecule has 0 aromatic rings. The second-order valence-electron chi connectivity index (χ2n) is 4.43. The average Bonchev–Trinajstić information content (AvgIpc) is 2.10. The number of carbonyl (C=O) groups excluding carboxylic acids is 2. The Kier molecular flexibility index (Phi) is 6.08. The summed E-state index contributed by atoms with van der Waals surface area (Å²) in [7, 11) is -3.20. The van der Waals surface area contributed by atoms with E-state index >= 15 is 0 Å². The Morgan fingerprint density at radius 2 is 1.88 bits per heavy atom. The number of hydrogen-bond acceptors (Lipinski definition) is 5. The molecule has 2 N–H and O–H groups in total. The van der Waals surface area contributed by atoms with Crippen LogP contribution < -0.4 is 5.73 Å². The Labute approximate surface area is 98.8 Å². The Hall–Kier alpha value is -1.18. The highest BCUT2D eigenvalue weighted by Gasteiger charge is 2.26. The van der Waals surface area contributed by atoms with Crippen LogP contribution in [0, 0.1) is 0 Å². The smallest absolute Gasteiger partial charge is 0.477 e. The molecule has 98 valence electrons. The van der Waals surface area contributed by atoms with E-state index in [2.05, 4.69) is 4.65 Å². The minimum absolute atomic E-state index is 0.0968. The van der Waals surface area contributed by atoms with Crippen LogP contribution in [0.3, 0.4) is 0 Å². The molecule has 0 amide bonds. The molecule has 0 rings (SSSR count). The van der Waals surface area contributed by atoms with E-state index in [4.69, 9.17) is 10.5 Å². The maximum Gasteiger partial charge on any atom is 0.798 e. The molecule has 8 heteroatoms. The fraction of sp³-hybridized carbons (Fsp3) is 0.778. The molecule has 17 heavy (non-hydrogen) atoms. The van der Waals surface area contributed by atoms with Gasteiger partial charge in [-0.05, 0) is 27.2 Å². The third-order valence-corrected chi connectivity index (χ3v) is 1.59. The quantitative estimate of drug-likeness (QED) is 0.580. The molecule has 1 atom stereocenters. The third kappa shape index (κ3) is 8.61. The standard InChI is InChI=1S/C9H16BF2NO4/c1-9(2,3)16-7(14)5-4-6(13)8(15)17-10(11)12/h6H,4-5,13H2,1-3H3/t6-/m0/s1. The van der Waals surface area contributed by atoms with Gasteiger partial charge in [-0.15, -0.1) is 0 Å². The fourth-order valence-corrected chi connectivity index (χ4v) is 0.959. The van der Waals surface area contributed by atoms with Crippen molar-refractivity contribution in [2.45, 2.75) is 45.3 Å². The molecule has 5 nitrogen and oxygen atoms in total. The zero-order valence-electron chi connectivity index (χ0n) is 10.0. The van der Waals surface area contributed by atoms with Gasteiger partial charge < -0.3 is 15.1 Å². The summed E-state index contributed by atoms with van der Waals surface area (Å²) < 4.78 is 31.9. The second-order valence-corrected chi connectivity index (χ2v) is 4.43. The molecule has 0 fully saturated rings. The predicted molar refractivity (Wildman–Crippen MR) is 57.1 cm³/mol. The van der Waals surface area contributed by atoms with E-state index in [1.54, 1.807) is 20.8 Å². The van der Waals surface area contributed by atoms with E-state index in [1.807, 2.05) is 0 Å². The Morgan fingerprint density at radius 1 is 1.35 bits per heavy atom. The highest BCUT2D eigenvalue weighted by atomic mass is 19.2. The van der Waals surface area contributed by atoms with Gasteiger partial charge in [-0.1, -0.05) is 0 Å². The van der Waals surface area contributed by atoms with Gasteiger partial charge in [0.15, 0.2) is 0 Å². The topological polar surface area (TPSA) is 78.6 Å². The predicted octanol–water partition coefficient (Wildman–Crippen LogP) is 0.903. The molecule has 0 aliphatic heterocycles. The van der Waals surface area contributed by atoms with Crippen LogP contribution in [-0.2, 0) is 19.0 Å². The van der Waals surface area contributed by atoms with Crippen LogP contribution in [0.2, 0.25) is 0 Å². The molecule has 0 spiro atoms. The number of hydrogen-bond donors (Lipinski definition) is 1. The molecule has 0 radical (unpaired) electrons. The normalized spacial score (nSPS) is 12.8. The summed E-state index contributed by atoms with van der Waals surface area (Å²) in [6.07, 6.45) is -0.225. The molecule has 0 aliphatic carbocycles. The molecule has 0 heterocycles. The van der Waals surface area contributed by atoms with Crippen molar-refractivity contribution in [2.24, 2.45) is 5.73 Å². The molecule has 0 saturated carbocycles. The first-order valence-corrected chi connectivity index (χ1v) is 5.08. The number of carbonyl (C=O) groups is 2. The van der Waals surface area contributed by atoms with Crippen molar-refractivity contribution in [2.75, 3.05) is 0 Å². The van der Waals surface area contributed by atoms with E-state index in [-0.39, 0.29) is 12.8 Å². The molecular formula is C9H16BF2NO4. The lowest BCUT2D eigenvalue weighted by Crippen LogP contribution is -2.35. The van der Waals surface area contributed by atoms with E-state index in [0.717, 1.165) is 0 Å². The van der Waals surface area contributed by atoms with Gasteiger partial charge in [0.05, 0.1) is 0 Å². The van der Waals surface area contributed by atoms with Crippen molar-refractivity contribution in [1.29, 1.82) is 0 Å². The summed E-state index contributed by atoms with van der Waals surface area (Å²) in [6.45, 7) is 5.07. The Morgan fingerprint density at radius 3 is 2.29 bits per heavy atom. The van der Waals surface area contributed by atoms with E-state index in [0.29, 0.717) is 0 Å². The van der Waals surface area contributed by atoms with E-state index < -0.39 is 31.1 Å². The fourth-order valence-electron chi connectivity index (χ4n) is 0.959. The number of halogens is 2. The van der Waals surface area contributed by atoms with Crippen molar-refractivity contribution in [3.05, 3.63) is 0 Å². The van der Waals surface area contributed by atoms with Gasteiger partial charge in [-0.25, -0.2) is 8.63 Å². The zero-order chi connectivity index (χ0) is 13.6. The molecule has 0 aromatic heterocycles. The van der Waals surface area contributed by atoms with Gasteiger partial charge in [0.2, 0.25) is 0 Å². The van der Waals surface area contributed by atoms with Gasteiger partial charge in [0.1, 0.15) is 11.6 Å². The van der Waals surface area contributed by atoms with Gasteiger partial charge in [0.25, 0.3) is 0 Å². The summed E-state index contributed by atoms with van der Waals surface area (Å²) >= 11 is 0. The monoisotopic (exact) mass is 251 g/mol. The lowest BCUT2D eigenvalue weighted by atomic mass is 10.1. The van der Waals surface area contributed by atoms with Crippen LogP contribution >= 0.6 is 0 Å². The van der Waals surface area contributed by atoms with Crippen LogP contribution in [0.1, 0.15) is 33.6 Å².